The van der Waals surface area contributed by atoms with Crippen molar-refractivity contribution < 1.29 is 22.7 Å². The molecular formula is C36H40ClN3O5S. The Kier molecular flexibility index (Phi) is 11.8. The lowest BCUT2D eigenvalue weighted by atomic mass is 10.0. The molecule has 1 atom stereocenters. The van der Waals surface area contributed by atoms with Gasteiger partial charge >= 0.3 is 0 Å². The third kappa shape index (κ3) is 8.68. The van der Waals surface area contributed by atoms with E-state index in [1.165, 1.54) is 24.1 Å². The van der Waals surface area contributed by atoms with Crippen molar-refractivity contribution in [3.8, 4) is 5.75 Å². The Hall–Kier alpha value is -4.34. The van der Waals surface area contributed by atoms with Gasteiger partial charge in [0.2, 0.25) is 11.8 Å². The van der Waals surface area contributed by atoms with Crippen molar-refractivity contribution in [2.75, 3.05) is 24.5 Å². The zero-order valence-electron chi connectivity index (χ0n) is 26.5. The van der Waals surface area contributed by atoms with Gasteiger partial charge in [-0.15, -0.1) is 0 Å². The molecule has 0 bridgehead atoms. The maximum atomic E-state index is 14.6. The average molecular weight is 662 g/mol. The zero-order valence-corrected chi connectivity index (χ0v) is 28.1. The molecule has 0 aliphatic carbocycles. The van der Waals surface area contributed by atoms with Crippen LogP contribution in [0.2, 0.25) is 5.02 Å². The second-order valence-corrected chi connectivity index (χ2v) is 13.7. The van der Waals surface area contributed by atoms with Crippen LogP contribution in [0.15, 0.2) is 108 Å². The van der Waals surface area contributed by atoms with Gasteiger partial charge < -0.3 is 15.0 Å². The summed E-state index contributed by atoms with van der Waals surface area (Å²) in [5, 5.41) is 3.41. The molecule has 0 saturated heterocycles. The van der Waals surface area contributed by atoms with E-state index in [2.05, 4.69) is 5.32 Å². The Morgan fingerprint density at radius 2 is 1.50 bits per heavy atom. The van der Waals surface area contributed by atoms with Gasteiger partial charge in [-0.1, -0.05) is 104 Å². The van der Waals surface area contributed by atoms with E-state index in [0.717, 1.165) is 15.4 Å². The van der Waals surface area contributed by atoms with Crippen LogP contribution in [0.3, 0.4) is 0 Å². The van der Waals surface area contributed by atoms with Crippen molar-refractivity contribution in [3.05, 3.63) is 125 Å². The number of carbonyl (C=O) groups excluding carboxylic acids is 2. The van der Waals surface area contributed by atoms with Crippen LogP contribution in [-0.2, 0) is 32.6 Å². The molecule has 10 heteroatoms. The van der Waals surface area contributed by atoms with Crippen LogP contribution in [0.4, 0.5) is 5.69 Å². The lowest BCUT2D eigenvalue weighted by Crippen LogP contribution is -2.53. The minimum absolute atomic E-state index is 0.0184. The molecule has 0 heterocycles. The largest absolute Gasteiger partial charge is 0.495 e. The van der Waals surface area contributed by atoms with Crippen molar-refractivity contribution in [3.63, 3.8) is 0 Å². The number of sulfonamides is 1. The van der Waals surface area contributed by atoms with E-state index in [4.69, 9.17) is 16.3 Å². The molecular weight excluding hydrogens is 622 g/mol. The summed E-state index contributed by atoms with van der Waals surface area (Å²) in [6.07, 6.45) is 0.209. The average Bonchev–Trinajstić information content (AvgIpc) is 3.05. The first-order valence-corrected chi connectivity index (χ1v) is 16.9. The summed E-state index contributed by atoms with van der Waals surface area (Å²) < 4.78 is 35.1. The van der Waals surface area contributed by atoms with Gasteiger partial charge in [0.05, 0.1) is 17.7 Å². The molecule has 8 nitrogen and oxygen atoms in total. The number of halogens is 1. The van der Waals surface area contributed by atoms with E-state index >= 15 is 0 Å². The number of para-hydroxylation sites is 2. The van der Waals surface area contributed by atoms with Gasteiger partial charge in [0, 0.05) is 24.5 Å². The minimum Gasteiger partial charge on any atom is -0.495 e. The maximum Gasteiger partial charge on any atom is 0.264 e. The number of anilines is 1. The highest BCUT2D eigenvalue weighted by Crippen LogP contribution is 2.33. The SMILES string of the molecule is COc1ccccc1N(CC(=O)N(Cc1ccccc1Cl)[C@@H](Cc1ccccc1)C(=O)NCC(C)C)S(=O)(=O)c1ccc(C)cc1. The molecule has 0 aliphatic heterocycles. The van der Waals surface area contributed by atoms with E-state index in [9.17, 15) is 18.0 Å². The van der Waals surface area contributed by atoms with Gasteiger partial charge in [-0.3, -0.25) is 13.9 Å². The molecule has 4 aromatic rings. The summed E-state index contributed by atoms with van der Waals surface area (Å²) in [4.78, 5) is 29.9. The molecule has 0 fully saturated rings. The molecule has 0 radical (unpaired) electrons. The summed E-state index contributed by atoms with van der Waals surface area (Å²) >= 11 is 6.57. The lowest BCUT2D eigenvalue weighted by molar-refractivity contribution is -0.140. The summed E-state index contributed by atoms with van der Waals surface area (Å²) in [7, 11) is -2.82. The van der Waals surface area contributed by atoms with E-state index in [0.29, 0.717) is 17.1 Å². The number of nitrogens with one attached hydrogen (secondary N) is 1. The fraction of sp³-hybridized carbons (Fsp3) is 0.278. The number of rotatable bonds is 14. The van der Waals surface area contributed by atoms with Gasteiger partial charge in [0.15, 0.2) is 0 Å². The van der Waals surface area contributed by atoms with Crippen LogP contribution in [-0.4, -0.2) is 51.4 Å². The summed E-state index contributed by atoms with van der Waals surface area (Å²) in [5.74, 6) is -0.473. The van der Waals surface area contributed by atoms with E-state index < -0.39 is 28.5 Å². The number of hydrogen-bond acceptors (Lipinski definition) is 5. The number of amides is 2. The molecule has 4 aromatic carbocycles. The lowest BCUT2D eigenvalue weighted by Gasteiger charge is -2.34. The van der Waals surface area contributed by atoms with E-state index in [1.807, 2.05) is 51.1 Å². The number of nitrogens with zero attached hydrogens (tertiary/aromatic N) is 2. The summed E-state index contributed by atoms with van der Waals surface area (Å²) in [6.45, 7) is 5.63. The number of aryl methyl sites for hydroxylation is 1. The maximum absolute atomic E-state index is 14.6. The van der Waals surface area contributed by atoms with Gasteiger partial charge in [-0.05, 0) is 54.3 Å². The highest BCUT2D eigenvalue weighted by Gasteiger charge is 2.35. The van der Waals surface area contributed by atoms with Crippen LogP contribution in [0.1, 0.15) is 30.5 Å². The first-order chi connectivity index (χ1) is 22.0. The topological polar surface area (TPSA) is 96.0 Å². The summed E-state index contributed by atoms with van der Waals surface area (Å²) in [5.41, 5.74) is 2.55. The number of carbonyl (C=O) groups is 2. The first-order valence-electron chi connectivity index (χ1n) is 15.1. The summed E-state index contributed by atoms with van der Waals surface area (Å²) in [6, 6.07) is 28.6. The smallest absolute Gasteiger partial charge is 0.264 e. The molecule has 0 spiro atoms. The quantitative estimate of drug-likeness (QED) is 0.172. The van der Waals surface area contributed by atoms with Crippen molar-refractivity contribution in [1.82, 2.24) is 10.2 Å². The van der Waals surface area contributed by atoms with Crippen LogP contribution >= 0.6 is 11.6 Å². The first kappa shape index (κ1) is 34.5. The Morgan fingerprint density at radius 3 is 2.15 bits per heavy atom. The molecule has 0 aliphatic rings. The molecule has 46 heavy (non-hydrogen) atoms. The predicted octanol–water partition coefficient (Wildman–Crippen LogP) is 6.26. The molecule has 4 rings (SSSR count). The molecule has 0 unspecified atom stereocenters. The minimum atomic E-state index is -4.26. The monoisotopic (exact) mass is 661 g/mol. The second-order valence-electron chi connectivity index (χ2n) is 11.5. The third-order valence-electron chi connectivity index (χ3n) is 7.50. The number of ether oxygens (including phenoxy) is 1. The highest BCUT2D eigenvalue weighted by atomic mass is 35.5. The van der Waals surface area contributed by atoms with Crippen molar-refractivity contribution in [2.45, 2.75) is 44.7 Å². The number of methoxy groups -OCH3 is 1. The molecule has 2 amide bonds. The fourth-order valence-electron chi connectivity index (χ4n) is 4.97. The van der Waals surface area contributed by atoms with Gasteiger partial charge in [0.25, 0.3) is 10.0 Å². The molecule has 0 aromatic heterocycles. The molecule has 242 valence electrons. The Labute approximate surface area is 277 Å². The Bertz CT molecular complexity index is 1730. The zero-order chi connectivity index (χ0) is 33.3. The normalized spacial score (nSPS) is 12.0. The van der Waals surface area contributed by atoms with Gasteiger partial charge in [-0.25, -0.2) is 8.42 Å². The van der Waals surface area contributed by atoms with Gasteiger partial charge in [0.1, 0.15) is 18.3 Å². The van der Waals surface area contributed by atoms with Crippen LogP contribution < -0.4 is 14.4 Å². The van der Waals surface area contributed by atoms with E-state index in [1.54, 1.807) is 60.7 Å². The molecule has 0 saturated carbocycles. The molecule has 1 N–H and O–H groups in total. The van der Waals surface area contributed by atoms with Crippen molar-refractivity contribution in [2.24, 2.45) is 5.92 Å². The fourth-order valence-corrected chi connectivity index (χ4v) is 6.59. The number of hydrogen-bond donors (Lipinski definition) is 1. The second kappa shape index (κ2) is 15.8. The van der Waals surface area contributed by atoms with Crippen molar-refractivity contribution in [1.29, 1.82) is 0 Å². The predicted molar refractivity (Wildman–Crippen MR) is 182 cm³/mol. The van der Waals surface area contributed by atoms with Crippen molar-refractivity contribution >= 4 is 39.1 Å². The standard InChI is InChI=1S/C36H40ClN3O5S/c1-26(2)23-38-36(42)33(22-28-12-6-5-7-13-28)39(24-29-14-8-9-15-31(29)37)35(41)25-40(32-16-10-11-17-34(32)45-4)46(43,44)30-20-18-27(3)19-21-30/h5-21,26,33H,22-25H2,1-4H3,(H,38,42)/t33-/m0/s1. The third-order valence-corrected chi connectivity index (χ3v) is 9.64. The Morgan fingerprint density at radius 1 is 0.870 bits per heavy atom. The van der Waals surface area contributed by atoms with Gasteiger partial charge in [-0.2, -0.15) is 0 Å². The van der Waals surface area contributed by atoms with E-state index in [-0.39, 0.29) is 41.1 Å². The number of benzene rings is 4. The Balaban J connectivity index is 1.83. The highest BCUT2D eigenvalue weighted by molar-refractivity contribution is 7.92. The van der Waals surface area contributed by atoms with Crippen LogP contribution in [0.25, 0.3) is 0 Å². The van der Waals surface area contributed by atoms with Crippen LogP contribution in [0, 0.1) is 12.8 Å². The van der Waals surface area contributed by atoms with Crippen LogP contribution in [0.5, 0.6) is 5.75 Å².